The van der Waals surface area contributed by atoms with E-state index in [4.69, 9.17) is 0 Å². The van der Waals surface area contributed by atoms with Crippen LogP contribution in [0, 0.1) is 23.2 Å². The third-order valence-electron chi connectivity index (χ3n) is 14.9. The van der Waals surface area contributed by atoms with Crippen LogP contribution in [0.4, 0.5) is 0 Å². The fraction of sp³-hybridized carbons (Fsp3) is 0.154. The van der Waals surface area contributed by atoms with Gasteiger partial charge in [-0.15, -0.1) is 0 Å². The van der Waals surface area contributed by atoms with Crippen LogP contribution in [0.15, 0.2) is 225 Å². The lowest BCUT2D eigenvalue weighted by Gasteiger charge is -2.47. The zero-order valence-electron chi connectivity index (χ0n) is 33.3. The van der Waals surface area contributed by atoms with Gasteiger partial charge in [-0.25, -0.2) is 47.0 Å². The Labute approximate surface area is 354 Å². The summed E-state index contributed by atoms with van der Waals surface area (Å²) < 4.78 is 9.53. The van der Waals surface area contributed by atoms with E-state index in [0.717, 1.165) is 27.8 Å². The minimum absolute atomic E-state index is 0.285. The molecule has 300 valence electrons. The van der Waals surface area contributed by atoms with Crippen molar-refractivity contribution in [2.24, 2.45) is 23.2 Å². The molecule has 13 rings (SSSR count). The van der Waals surface area contributed by atoms with E-state index in [1.54, 1.807) is 43.0 Å². The molecule has 0 saturated heterocycles. The predicted octanol–water partition coefficient (Wildman–Crippen LogP) is 6.67. The molecule has 3 aliphatic carbocycles. The summed E-state index contributed by atoms with van der Waals surface area (Å²) in [6.45, 7) is 0. The van der Waals surface area contributed by atoms with Gasteiger partial charge in [0.05, 0.1) is 28.9 Å². The SMILES string of the molecule is O=c1n(-c2ccccc2)c(=O)n2n1C1[C@H]3C=C[C@@]1([C@@H]1C=C4[C@H]([C@H]31)n1c(=O)n(-c3ccccc3)c(=O)n1C4(c1ccccc1)c1ccccc1)C2(c1ccccc1)c1ccccc1. The second kappa shape index (κ2) is 12.2. The summed E-state index contributed by atoms with van der Waals surface area (Å²) in [5.74, 6) is -0.908. The largest absolute Gasteiger partial charge is 0.353 e. The van der Waals surface area contributed by atoms with Crippen LogP contribution in [0.2, 0.25) is 0 Å². The zero-order chi connectivity index (χ0) is 41.5. The third kappa shape index (κ3) is 3.84. The lowest BCUT2D eigenvalue weighted by molar-refractivity contribution is 0.145. The number of fused-ring (bicyclic) bond motifs is 7. The Balaban J connectivity index is 1.17. The van der Waals surface area contributed by atoms with Crippen molar-refractivity contribution in [1.82, 2.24) is 27.9 Å². The number of hydrogen-bond donors (Lipinski definition) is 0. The molecule has 10 nitrogen and oxygen atoms in total. The Morgan fingerprint density at radius 3 is 1.34 bits per heavy atom. The van der Waals surface area contributed by atoms with Crippen molar-refractivity contribution in [2.75, 3.05) is 0 Å². The van der Waals surface area contributed by atoms with Gasteiger partial charge in [-0.3, -0.25) is 0 Å². The van der Waals surface area contributed by atoms with Crippen molar-refractivity contribution in [1.29, 1.82) is 0 Å². The molecule has 1 saturated carbocycles. The highest BCUT2D eigenvalue weighted by Gasteiger charge is 2.80. The second-order valence-electron chi connectivity index (χ2n) is 17.2. The Morgan fingerprint density at radius 1 is 0.435 bits per heavy atom. The highest BCUT2D eigenvalue weighted by Crippen LogP contribution is 2.78. The summed E-state index contributed by atoms with van der Waals surface area (Å²) in [5, 5.41) is 0. The molecule has 6 aromatic carbocycles. The van der Waals surface area contributed by atoms with E-state index in [1.807, 2.05) is 133 Å². The first-order valence-electron chi connectivity index (χ1n) is 21.2. The highest BCUT2D eigenvalue weighted by molar-refractivity contribution is 5.60. The first kappa shape index (κ1) is 35.1. The fourth-order valence-electron chi connectivity index (χ4n) is 13.0. The predicted molar refractivity (Wildman–Crippen MR) is 235 cm³/mol. The van der Waals surface area contributed by atoms with E-state index < -0.39 is 51.3 Å². The molecule has 0 radical (unpaired) electrons. The molecule has 10 heteroatoms. The minimum atomic E-state index is -1.22. The van der Waals surface area contributed by atoms with Crippen LogP contribution in [0.5, 0.6) is 0 Å². The number of benzene rings is 6. The maximum Gasteiger partial charge on any atom is 0.353 e. The van der Waals surface area contributed by atoms with Crippen molar-refractivity contribution < 1.29 is 0 Å². The van der Waals surface area contributed by atoms with Crippen molar-refractivity contribution in [3.63, 3.8) is 0 Å². The molecule has 8 aromatic rings. The van der Waals surface area contributed by atoms with Gasteiger partial charge in [-0.05, 0) is 58.0 Å². The van der Waals surface area contributed by atoms with Gasteiger partial charge >= 0.3 is 22.8 Å². The van der Waals surface area contributed by atoms with Crippen LogP contribution in [0.3, 0.4) is 0 Å². The van der Waals surface area contributed by atoms with Crippen LogP contribution in [0.1, 0.15) is 34.3 Å². The van der Waals surface area contributed by atoms with Crippen molar-refractivity contribution >= 4 is 0 Å². The average Bonchev–Trinajstić information content (AvgIpc) is 4.16. The standard InChI is InChI=1S/C52H38N6O4/c59-46-53(38-27-15-5-16-28-38)48(61)57-51(34-19-7-1-8-20-34,35-21-9-2-10-22-35)42-33-41-43(44(42)55(46)57)40-31-32-50(41)45(40)56-47(60)54(39-29-17-6-18-30-39)49(62)58(56)52(50,36-23-11-3-12-24-36)37-25-13-4-14-26-37/h1-33,40-41,43-45H/t40-,41+,43+,44+,45?,50-/m0/s1. The summed E-state index contributed by atoms with van der Waals surface area (Å²) in [6.07, 6.45) is 6.85. The van der Waals surface area contributed by atoms with Gasteiger partial charge in [0.15, 0.2) is 0 Å². The van der Waals surface area contributed by atoms with Crippen molar-refractivity contribution in [3.05, 3.63) is 270 Å². The summed E-state index contributed by atoms with van der Waals surface area (Å²) in [7, 11) is 0. The van der Waals surface area contributed by atoms with Gasteiger partial charge in [-0.1, -0.05) is 176 Å². The Bertz CT molecular complexity index is 3340. The van der Waals surface area contributed by atoms with E-state index >= 15 is 19.2 Å². The maximum absolute atomic E-state index is 15.5. The molecule has 1 fully saturated rings. The molecular weight excluding hydrogens is 773 g/mol. The number of para-hydroxylation sites is 2. The lowest BCUT2D eigenvalue weighted by Crippen LogP contribution is -2.54. The van der Waals surface area contributed by atoms with Crippen LogP contribution >= 0.6 is 0 Å². The van der Waals surface area contributed by atoms with Gasteiger partial charge in [0.2, 0.25) is 0 Å². The molecular formula is C52H38N6O4. The van der Waals surface area contributed by atoms with Crippen LogP contribution in [-0.2, 0) is 11.1 Å². The molecule has 1 unspecified atom stereocenters. The molecule has 5 aliphatic rings. The molecule has 62 heavy (non-hydrogen) atoms. The highest BCUT2D eigenvalue weighted by atomic mass is 16.2. The molecule has 2 aromatic heterocycles. The fourth-order valence-corrected chi connectivity index (χ4v) is 13.0. The number of rotatable bonds is 6. The van der Waals surface area contributed by atoms with Gasteiger partial charge in [0.25, 0.3) is 0 Å². The summed E-state index contributed by atoms with van der Waals surface area (Å²) in [4.78, 5) is 61.6. The topological polar surface area (TPSA) is 97.9 Å². The smallest absolute Gasteiger partial charge is 0.245 e. The number of allylic oxidation sites excluding steroid dienone is 4. The Hall–Kier alpha value is -7.72. The van der Waals surface area contributed by atoms with E-state index in [9.17, 15) is 0 Å². The summed E-state index contributed by atoms with van der Waals surface area (Å²) in [6, 6.07) is 57.4. The first-order chi connectivity index (χ1) is 30.5. The minimum Gasteiger partial charge on any atom is -0.245 e. The van der Waals surface area contributed by atoms with Crippen LogP contribution < -0.4 is 22.8 Å². The monoisotopic (exact) mass is 810 g/mol. The maximum atomic E-state index is 15.5. The molecule has 0 N–H and O–H groups in total. The average molecular weight is 811 g/mol. The summed E-state index contributed by atoms with van der Waals surface area (Å²) in [5.41, 5.74) is 0.312. The van der Waals surface area contributed by atoms with E-state index in [0.29, 0.717) is 11.4 Å². The van der Waals surface area contributed by atoms with E-state index in [1.165, 1.54) is 9.13 Å². The lowest BCUT2D eigenvalue weighted by atomic mass is 9.57. The molecule has 0 spiro atoms. The normalized spacial score (nSPS) is 24.9. The second-order valence-corrected chi connectivity index (χ2v) is 17.2. The molecule has 4 heterocycles. The van der Waals surface area contributed by atoms with E-state index in [2.05, 4.69) is 42.5 Å². The van der Waals surface area contributed by atoms with Gasteiger partial charge in [-0.2, -0.15) is 0 Å². The van der Waals surface area contributed by atoms with Gasteiger partial charge < -0.3 is 0 Å². The molecule has 6 atom stereocenters. The quantitative estimate of drug-likeness (QED) is 0.176. The Kier molecular flexibility index (Phi) is 6.90. The van der Waals surface area contributed by atoms with Crippen molar-refractivity contribution in [2.45, 2.75) is 23.2 Å². The molecule has 2 aliphatic heterocycles. The van der Waals surface area contributed by atoms with Gasteiger partial charge in [0.1, 0.15) is 11.1 Å². The third-order valence-corrected chi connectivity index (χ3v) is 14.9. The molecule has 2 bridgehead atoms. The zero-order valence-corrected chi connectivity index (χ0v) is 33.3. The van der Waals surface area contributed by atoms with Crippen molar-refractivity contribution in [3.8, 4) is 11.4 Å². The van der Waals surface area contributed by atoms with Crippen LogP contribution in [0.25, 0.3) is 11.4 Å². The first-order valence-corrected chi connectivity index (χ1v) is 21.2. The Morgan fingerprint density at radius 2 is 0.855 bits per heavy atom. The molecule has 0 amide bonds. The number of hydrogen-bond acceptors (Lipinski definition) is 4. The summed E-state index contributed by atoms with van der Waals surface area (Å²) >= 11 is 0. The number of nitrogens with zero attached hydrogens (tertiary/aromatic N) is 6. The van der Waals surface area contributed by atoms with E-state index in [-0.39, 0.29) is 17.8 Å². The van der Waals surface area contributed by atoms with Crippen LogP contribution in [-0.4, -0.2) is 27.9 Å². The van der Waals surface area contributed by atoms with Gasteiger partial charge in [0, 0.05) is 11.8 Å². The number of aromatic nitrogens is 6.